The summed E-state index contributed by atoms with van der Waals surface area (Å²) >= 11 is 1.67. The largest absolute Gasteiger partial charge is 0.375 e. The van der Waals surface area contributed by atoms with E-state index in [0.29, 0.717) is 6.54 Å². The Balaban J connectivity index is 2.05. The fraction of sp³-hybridized carbons (Fsp3) is 0.444. The van der Waals surface area contributed by atoms with Crippen LogP contribution in [0.4, 0.5) is 0 Å². The molecule has 1 atom stereocenters. The summed E-state index contributed by atoms with van der Waals surface area (Å²) < 4.78 is 5.60. The Kier molecular flexibility index (Phi) is 7.21. The molecule has 1 N–H and O–H groups in total. The van der Waals surface area contributed by atoms with E-state index in [-0.39, 0.29) is 6.10 Å². The first kappa shape index (κ1) is 18.4. The average Bonchev–Trinajstić information content (AvgIpc) is 3.00. The van der Waals surface area contributed by atoms with Crippen molar-refractivity contribution in [1.82, 2.24) is 15.2 Å². The van der Waals surface area contributed by atoms with Crippen LogP contribution in [-0.2, 0) is 11.3 Å². The normalized spacial score (nSPS) is 12.9. The van der Waals surface area contributed by atoms with Crippen LogP contribution >= 0.6 is 11.3 Å². The molecule has 24 heavy (non-hydrogen) atoms. The van der Waals surface area contributed by atoms with E-state index in [2.05, 4.69) is 39.6 Å². The Hall–Kier alpha value is -1.92. The number of guanidine groups is 1. The highest BCUT2D eigenvalue weighted by Gasteiger charge is 2.12. The minimum atomic E-state index is -0.0465. The zero-order chi connectivity index (χ0) is 17.4. The standard InChI is InChI=1S/C18H26N4OS/c1-5-19-18(22(3)12-16-13-24-14(2)21-16)20-11-17(23-4)15-9-7-6-8-10-15/h6-10,13,17H,5,11-12H2,1-4H3,(H,19,20). The number of benzene rings is 1. The van der Waals surface area contributed by atoms with Gasteiger partial charge in [-0.15, -0.1) is 11.3 Å². The van der Waals surface area contributed by atoms with E-state index >= 15 is 0 Å². The summed E-state index contributed by atoms with van der Waals surface area (Å²) in [4.78, 5) is 11.4. The first-order valence-corrected chi connectivity index (χ1v) is 9.00. The molecule has 0 radical (unpaired) electrons. The quantitative estimate of drug-likeness (QED) is 0.618. The maximum atomic E-state index is 5.60. The second kappa shape index (κ2) is 9.39. The van der Waals surface area contributed by atoms with E-state index in [1.807, 2.05) is 32.2 Å². The third-order valence-electron chi connectivity index (χ3n) is 3.62. The second-order valence-electron chi connectivity index (χ2n) is 5.54. The molecule has 0 aliphatic rings. The zero-order valence-corrected chi connectivity index (χ0v) is 15.6. The van der Waals surface area contributed by atoms with Gasteiger partial charge in [0.1, 0.15) is 6.10 Å². The predicted molar refractivity (Wildman–Crippen MR) is 100 cm³/mol. The van der Waals surface area contributed by atoms with Gasteiger partial charge >= 0.3 is 0 Å². The molecule has 0 saturated heterocycles. The van der Waals surface area contributed by atoms with Gasteiger partial charge < -0.3 is 15.0 Å². The molecule has 1 unspecified atom stereocenters. The smallest absolute Gasteiger partial charge is 0.194 e. The van der Waals surface area contributed by atoms with Gasteiger partial charge in [-0.1, -0.05) is 30.3 Å². The molecule has 0 aliphatic carbocycles. The summed E-state index contributed by atoms with van der Waals surface area (Å²) in [5, 5.41) is 6.52. The summed E-state index contributed by atoms with van der Waals surface area (Å²) in [5.41, 5.74) is 2.20. The van der Waals surface area contributed by atoms with Gasteiger partial charge in [0, 0.05) is 26.1 Å². The molecule has 0 amide bonds. The molecule has 0 fully saturated rings. The van der Waals surface area contributed by atoms with Gasteiger partial charge in [0.05, 0.1) is 23.8 Å². The Bertz CT molecular complexity index is 641. The van der Waals surface area contributed by atoms with E-state index in [4.69, 9.17) is 9.73 Å². The number of nitrogens with one attached hydrogen (secondary N) is 1. The first-order chi connectivity index (χ1) is 11.6. The number of aromatic nitrogens is 1. The number of hydrogen-bond donors (Lipinski definition) is 1. The highest BCUT2D eigenvalue weighted by molar-refractivity contribution is 7.09. The van der Waals surface area contributed by atoms with Gasteiger partial charge in [0.25, 0.3) is 0 Å². The van der Waals surface area contributed by atoms with Gasteiger partial charge in [-0.2, -0.15) is 0 Å². The number of thiazole rings is 1. The number of aryl methyl sites for hydroxylation is 1. The molecule has 1 aromatic heterocycles. The van der Waals surface area contributed by atoms with Gasteiger partial charge in [-0.05, 0) is 19.4 Å². The van der Waals surface area contributed by atoms with Crippen molar-refractivity contribution in [2.75, 3.05) is 27.2 Å². The maximum Gasteiger partial charge on any atom is 0.194 e. The van der Waals surface area contributed by atoms with Crippen LogP contribution in [0.1, 0.15) is 29.3 Å². The monoisotopic (exact) mass is 346 g/mol. The summed E-state index contributed by atoms with van der Waals surface area (Å²) in [5.74, 6) is 0.862. The Morgan fingerprint density at radius 1 is 1.38 bits per heavy atom. The lowest BCUT2D eigenvalue weighted by molar-refractivity contribution is 0.110. The fourth-order valence-electron chi connectivity index (χ4n) is 2.42. The first-order valence-electron chi connectivity index (χ1n) is 8.12. The number of rotatable bonds is 7. The Labute approximate surface area is 148 Å². The van der Waals surface area contributed by atoms with Gasteiger partial charge in [0.2, 0.25) is 0 Å². The van der Waals surface area contributed by atoms with Crippen molar-refractivity contribution in [2.24, 2.45) is 4.99 Å². The van der Waals surface area contributed by atoms with Crippen molar-refractivity contribution in [2.45, 2.75) is 26.5 Å². The molecule has 130 valence electrons. The molecule has 2 aromatic rings. The van der Waals surface area contributed by atoms with Crippen LogP contribution in [0.5, 0.6) is 0 Å². The lowest BCUT2D eigenvalue weighted by Gasteiger charge is -2.22. The van der Waals surface area contributed by atoms with Gasteiger partial charge in [-0.25, -0.2) is 4.98 Å². The number of methoxy groups -OCH3 is 1. The van der Waals surface area contributed by atoms with Crippen molar-refractivity contribution in [1.29, 1.82) is 0 Å². The molecule has 1 heterocycles. The minimum absolute atomic E-state index is 0.0465. The molecule has 0 aliphatic heterocycles. The van der Waals surface area contributed by atoms with Crippen molar-refractivity contribution < 1.29 is 4.74 Å². The molecular weight excluding hydrogens is 320 g/mol. The lowest BCUT2D eigenvalue weighted by Crippen LogP contribution is -2.38. The maximum absolute atomic E-state index is 5.60. The summed E-state index contributed by atoms with van der Waals surface area (Å²) in [6.07, 6.45) is -0.0465. The third-order valence-corrected chi connectivity index (χ3v) is 4.45. The van der Waals surface area contributed by atoms with Crippen LogP contribution in [0.25, 0.3) is 0 Å². The predicted octanol–water partition coefficient (Wildman–Crippen LogP) is 3.24. The van der Waals surface area contributed by atoms with Crippen molar-refractivity contribution in [3.05, 3.63) is 52.0 Å². The van der Waals surface area contributed by atoms with E-state index in [1.54, 1.807) is 18.4 Å². The fourth-order valence-corrected chi connectivity index (χ4v) is 3.03. The van der Waals surface area contributed by atoms with E-state index in [1.165, 1.54) is 0 Å². The molecule has 0 spiro atoms. The lowest BCUT2D eigenvalue weighted by atomic mass is 10.1. The molecule has 0 saturated carbocycles. The molecule has 6 heteroatoms. The molecule has 5 nitrogen and oxygen atoms in total. The SMILES string of the molecule is CCNC(=NCC(OC)c1ccccc1)N(C)Cc1csc(C)n1. The second-order valence-corrected chi connectivity index (χ2v) is 6.61. The summed E-state index contributed by atoms with van der Waals surface area (Å²) in [7, 11) is 3.75. The van der Waals surface area contributed by atoms with E-state index in [9.17, 15) is 0 Å². The number of aliphatic imine (C=N–C) groups is 1. The Morgan fingerprint density at radius 2 is 2.12 bits per heavy atom. The number of nitrogens with zero attached hydrogens (tertiary/aromatic N) is 3. The van der Waals surface area contributed by atoms with Crippen LogP contribution < -0.4 is 5.32 Å². The van der Waals surface area contributed by atoms with Crippen molar-refractivity contribution in [3.8, 4) is 0 Å². The molecule has 2 rings (SSSR count). The third kappa shape index (κ3) is 5.32. The van der Waals surface area contributed by atoms with Crippen LogP contribution in [0.3, 0.4) is 0 Å². The summed E-state index contributed by atoms with van der Waals surface area (Å²) in [6.45, 7) is 6.22. The van der Waals surface area contributed by atoms with Gasteiger partial charge in [0.15, 0.2) is 5.96 Å². The topological polar surface area (TPSA) is 49.8 Å². The molecule has 0 bridgehead atoms. The highest BCUT2D eigenvalue weighted by atomic mass is 32.1. The molecule has 1 aromatic carbocycles. The minimum Gasteiger partial charge on any atom is -0.375 e. The van der Waals surface area contributed by atoms with E-state index in [0.717, 1.165) is 35.3 Å². The zero-order valence-electron chi connectivity index (χ0n) is 14.8. The highest BCUT2D eigenvalue weighted by Crippen LogP contribution is 2.16. The van der Waals surface area contributed by atoms with Crippen LogP contribution in [0.2, 0.25) is 0 Å². The van der Waals surface area contributed by atoms with Crippen LogP contribution in [0.15, 0.2) is 40.7 Å². The van der Waals surface area contributed by atoms with Crippen LogP contribution in [-0.4, -0.2) is 43.1 Å². The van der Waals surface area contributed by atoms with Crippen molar-refractivity contribution in [3.63, 3.8) is 0 Å². The average molecular weight is 347 g/mol. The van der Waals surface area contributed by atoms with Crippen LogP contribution in [0, 0.1) is 6.92 Å². The number of hydrogen-bond acceptors (Lipinski definition) is 4. The van der Waals surface area contributed by atoms with E-state index < -0.39 is 0 Å². The van der Waals surface area contributed by atoms with Crippen molar-refractivity contribution >= 4 is 17.3 Å². The summed E-state index contributed by atoms with van der Waals surface area (Å²) in [6, 6.07) is 10.2. The number of ether oxygens (including phenoxy) is 1. The Morgan fingerprint density at radius 3 is 2.71 bits per heavy atom. The molecular formula is C18H26N4OS. The van der Waals surface area contributed by atoms with Gasteiger partial charge in [-0.3, -0.25) is 4.99 Å².